The molecule has 0 radical (unpaired) electrons. The largest absolute Gasteiger partial charge is 0.492 e. The maximum Gasteiger partial charge on any atom is 0.120 e. The summed E-state index contributed by atoms with van der Waals surface area (Å²) in [5, 5.41) is 8.86. The minimum absolute atomic E-state index is 0.221. The van der Waals surface area contributed by atoms with Gasteiger partial charge in [0, 0.05) is 31.7 Å². The highest BCUT2D eigenvalue weighted by Crippen LogP contribution is 2.18. The highest BCUT2D eigenvalue weighted by molar-refractivity contribution is 5.36. The molecular weight excluding hydrogens is 250 g/mol. The third-order valence-corrected chi connectivity index (χ3v) is 4.03. The van der Waals surface area contributed by atoms with Crippen molar-refractivity contribution in [1.29, 1.82) is 5.26 Å². The Labute approximate surface area is 121 Å². The van der Waals surface area contributed by atoms with Gasteiger partial charge in [-0.2, -0.15) is 5.26 Å². The molecule has 1 aromatic carbocycles. The molecule has 2 rings (SSSR count). The summed E-state index contributed by atoms with van der Waals surface area (Å²) in [5.41, 5.74) is 0.863. The van der Waals surface area contributed by atoms with E-state index in [2.05, 4.69) is 36.8 Å². The van der Waals surface area contributed by atoms with Crippen molar-refractivity contribution in [1.82, 2.24) is 9.80 Å². The first-order valence-corrected chi connectivity index (χ1v) is 7.08. The van der Waals surface area contributed by atoms with Gasteiger partial charge >= 0.3 is 0 Å². The summed E-state index contributed by atoms with van der Waals surface area (Å²) in [6, 6.07) is 9.45. The zero-order valence-electron chi connectivity index (χ0n) is 12.6. The second-order valence-electron chi connectivity index (χ2n) is 6.00. The number of nitrogens with zero attached hydrogens (tertiary/aromatic N) is 3. The second-order valence-corrected chi connectivity index (χ2v) is 6.00. The lowest BCUT2D eigenvalue weighted by molar-refractivity contribution is 0.0338. The highest BCUT2D eigenvalue weighted by Gasteiger charge is 2.30. The number of likely N-dealkylation sites (N-methyl/N-ethyl adjacent to an activating group) is 1. The van der Waals surface area contributed by atoms with Crippen LogP contribution >= 0.6 is 0 Å². The Balaban J connectivity index is 1.80. The van der Waals surface area contributed by atoms with Crippen LogP contribution in [0.3, 0.4) is 0 Å². The lowest BCUT2D eigenvalue weighted by Crippen LogP contribution is -2.58. The Morgan fingerprint density at radius 3 is 2.85 bits per heavy atom. The minimum atomic E-state index is 0.221. The molecule has 0 aromatic heterocycles. The zero-order chi connectivity index (χ0) is 14.6. The van der Waals surface area contributed by atoms with Gasteiger partial charge in [0.2, 0.25) is 0 Å². The van der Waals surface area contributed by atoms with Gasteiger partial charge in [0.15, 0.2) is 0 Å². The van der Waals surface area contributed by atoms with Crippen molar-refractivity contribution in [3.8, 4) is 11.8 Å². The van der Waals surface area contributed by atoms with E-state index in [9.17, 15) is 0 Å². The van der Waals surface area contributed by atoms with Crippen molar-refractivity contribution < 1.29 is 4.74 Å². The lowest BCUT2D eigenvalue weighted by Gasteiger charge is -2.45. The van der Waals surface area contributed by atoms with Crippen LogP contribution in [0.2, 0.25) is 0 Å². The predicted molar refractivity (Wildman–Crippen MR) is 79.8 cm³/mol. The number of ether oxygens (including phenoxy) is 1. The Morgan fingerprint density at radius 1 is 1.35 bits per heavy atom. The van der Waals surface area contributed by atoms with Crippen LogP contribution in [0.1, 0.15) is 19.4 Å². The third kappa shape index (κ3) is 3.72. The Hall–Kier alpha value is -1.57. The van der Waals surface area contributed by atoms with E-state index >= 15 is 0 Å². The molecule has 1 fully saturated rings. The van der Waals surface area contributed by atoms with Crippen LogP contribution < -0.4 is 4.74 Å². The molecule has 0 atom stereocenters. The van der Waals surface area contributed by atoms with Crippen molar-refractivity contribution in [2.24, 2.45) is 0 Å². The van der Waals surface area contributed by atoms with Gasteiger partial charge in [0.05, 0.1) is 11.6 Å². The topological polar surface area (TPSA) is 39.5 Å². The molecule has 1 heterocycles. The average molecular weight is 273 g/mol. The summed E-state index contributed by atoms with van der Waals surface area (Å²) in [4.78, 5) is 4.84. The first-order valence-electron chi connectivity index (χ1n) is 7.08. The van der Waals surface area contributed by atoms with E-state index in [4.69, 9.17) is 10.00 Å². The van der Waals surface area contributed by atoms with E-state index in [1.54, 1.807) is 12.1 Å². The van der Waals surface area contributed by atoms with Gasteiger partial charge in [0.1, 0.15) is 12.4 Å². The summed E-state index contributed by atoms with van der Waals surface area (Å²) >= 11 is 0. The Morgan fingerprint density at radius 2 is 2.15 bits per heavy atom. The molecule has 4 heteroatoms. The number of hydrogen-bond acceptors (Lipinski definition) is 4. The molecule has 108 valence electrons. The van der Waals surface area contributed by atoms with E-state index in [0.29, 0.717) is 12.2 Å². The maximum atomic E-state index is 8.86. The second kappa shape index (κ2) is 6.25. The van der Waals surface area contributed by atoms with Gasteiger partial charge in [-0.3, -0.25) is 9.80 Å². The summed E-state index contributed by atoms with van der Waals surface area (Å²) in [6.45, 7) is 9.37. The van der Waals surface area contributed by atoms with Crippen LogP contribution in [-0.4, -0.2) is 55.2 Å². The summed E-state index contributed by atoms with van der Waals surface area (Å²) in [5.74, 6) is 0.775. The summed E-state index contributed by atoms with van der Waals surface area (Å²) in [7, 11) is 2.18. The molecule has 0 bridgehead atoms. The molecule has 1 saturated heterocycles. The maximum absolute atomic E-state index is 8.86. The Kier molecular flexibility index (Phi) is 4.64. The average Bonchev–Trinajstić information content (AvgIpc) is 2.43. The van der Waals surface area contributed by atoms with Crippen LogP contribution in [0.5, 0.6) is 5.75 Å². The normalized spacial score (nSPS) is 19.5. The smallest absolute Gasteiger partial charge is 0.120 e. The Bertz CT molecular complexity index is 493. The summed E-state index contributed by atoms with van der Waals surface area (Å²) < 4.78 is 5.74. The number of piperazine rings is 1. The van der Waals surface area contributed by atoms with Crippen molar-refractivity contribution in [2.45, 2.75) is 19.4 Å². The van der Waals surface area contributed by atoms with Gasteiger partial charge in [-0.05, 0) is 39.1 Å². The molecule has 0 unspecified atom stereocenters. The summed E-state index contributed by atoms with van der Waals surface area (Å²) in [6.07, 6.45) is 0. The van der Waals surface area contributed by atoms with Crippen molar-refractivity contribution in [2.75, 3.05) is 39.8 Å². The van der Waals surface area contributed by atoms with Gasteiger partial charge < -0.3 is 4.74 Å². The third-order valence-electron chi connectivity index (χ3n) is 4.03. The number of nitriles is 1. The van der Waals surface area contributed by atoms with Crippen LogP contribution in [0.25, 0.3) is 0 Å². The fraction of sp³-hybridized carbons (Fsp3) is 0.562. The first-order chi connectivity index (χ1) is 9.51. The van der Waals surface area contributed by atoms with Crippen LogP contribution in [0.15, 0.2) is 24.3 Å². The molecule has 1 aromatic rings. The van der Waals surface area contributed by atoms with E-state index in [1.165, 1.54) is 0 Å². The highest BCUT2D eigenvalue weighted by atomic mass is 16.5. The molecule has 0 N–H and O–H groups in total. The molecule has 1 aliphatic rings. The van der Waals surface area contributed by atoms with Crippen molar-refractivity contribution in [3.63, 3.8) is 0 Å². The first kappa shape index (κ1) is 14.8. The van der Waals surface area contributed by atoms with E-state index in [1.807, 2.05) is 12.1 Å². The van der Waals surface area contributed by atoms with Gasteiger partial charge in [-0.25, -0.2) is 0 Å². The molecule has 0 amide bonds. The molecule has 20 heavy (non-hydrogen) atoms. The number of hydrogen-bond donors (Lipinski definition) is 0. The van der Waals surface area contributed by atoms with E-state index < -0.39 is 0 Å². The van der Waals surface area contributed by atoms with E-state index in [0.717, 1.165) is 31.9 Å². The van der Waals surface area contributed by atoms with Crippen LogP contribution in [0.4, 0.5) is 0 Å². The molecule has 0 aliphatic carbocycles. The van der Waals surface area contributed by atoms with Crippen molar-refractivity contribution in [3.05, 3.63) is 29.8 Å². The number of benzene rings is 1. The standard InChI is InChI=1S/C16H23N3O/c1-16(2)13-19(8-7-18(16)3)9-10-20-15-6-4-5-14(11-15)12-17/h4-6,11H,7-10,13H2,1-3H3. The molecule has 0 spiro atoms. The molecule has 4 nitrogen and oxygen atoms in total. The number of rotatable bonds is 4. The van der Waals surface area contributed by atoms with Crippen LogP contribution in [0, 0.1) is 11.3 Å². The zero-order valence-corrected chi connectivity index (χ0v) is 12.6. The quantitative estimate of drug-likeness (QED) is 0.841. The SMILES string of the molecule is CN1CCN(CCOc2cccc(C#N)c2)CC1(C)C. The van der Waals surface area contributed by atoms with Crippen LogP contribution in [-0.2, 0) is 0 Å². The fourth-order valence-corrected chi connectivity index (χ4v) is 2.48. The van der Waals surface area contributed by atoms with Gasteiger partial charge in [0.25, 0.3) is 0 Å². The van der Waals surface area contributed by atoms with E-state index in [-0.39, 0.29) is 5.54 Å². The monoisotopic (exact) mass is 273 g/mol. The molecule has 0 saturated carbocycles. The minimum Gasteiger partial charge on any atom is -0.492 e. The molecule has 1 aliphatic heterocycles. The molecular formula is C16H23N3O. The lowest BCUT2D eigenvalue weighted by atomic mass is 10.00. The predicted octanol–water partition coefficient (Wildman–Crippen LogP) is 1.96. The van der Waals surface area contributed by atoms with Gasteiger partial charge in [-0.1, -0.05) is 6.07 Å². The van der Waals surface area contributed by atoms with Crippen molar-refractivity contribution >= 4 is 0 Å². The van der Waals surface area contributed by atoms with Gasteiger partial charge in [-0.15, -0.1) is 0 Å². The fourth-order valence-electron chi connectivity index (χ4n) is 2.48.